The molecule has 100 valence electrons. The number of amides is 2. The third-order valence-electron chi connectivity index (χ3n) is 4.73. The zero-order valence-electron chi connectivity index (χ0n) is 11.4. The maximum atomic E-state index is 12.7. The third kappa shape index (κ3) is 1.57. The molecule has 18 heavy (non-hydrogen) atoms. The van der Waals surface area contributed by atoms with Gasteiger partial charge in [-0.15, -0.1) is 0 Å². The highest BCUT2D eigenvalue weighted by molar-refractivity contribution is 6.00. The molecule has 4 heteroatoms. The van der Waals surface area contributed by atoms with Crippen molar-refractivity contribution in [2.75, 3.05) is 0 Å². The van der Waals surface area contributed by atoms with Crippen molar-refractivity contribution < 1.29 is 9.59 Å². The monoisotopic (exact) mass is 250 g/mol. The van der Waals surface area contributed by atoms with E-state index in [0.717, 1.165) is 25.7 Å². The highest BCUT2D eigenvalue weighted by atomic mass is 16.2. The van der Waals surface area contributed by atoms with Gasteiger partial charge in [0.05, 0.1) is 0 Å². The van der Waals surface area contributed by atoms with Gasteiger partial charge in [0, 0.05) is 6.04 Å². The fourth-order valence-electron chi connectivity index (χ4n) is 3.40. The van der Waals surface area contributed by atoms with Crippen molar-refractivity contribution >= 4 is 11.8 Å². The summed E-state index contributed by atoms with van der Waals surface area (Å²) in [5.41, 5.74) is -0.614. The molecule has 0 aromatic carbocycles. The van der Waals surface area contributed by atoms with Gasteiger partial charge >= 0.3 is 0 Å². The molecule has 0 radical (unpaired) electrons. The van der Waals surface area contributed by atoms with Gasteiger partial charge < -0.3 is 10.2 Å². The lowest BCUT2D eigenvalue weighted by molar-refractivity contribution is -0.161. The molecule has 1 aliphatic heterocycles. The molecule has 3 fully saturated rings. The predicted molar refractivity (Wildman–Crippen MR) is 67.8 cm³/mol. The van der Waals surface area contributed by atoms with Gasteiger partial charge in [0.25, 0.3) is 0 Å². The Hall–Kier alpha value is -1.06. The molecule has 2 saturated carbocycles. The minimum Gasteiger partial charge on any atom is -0.342 e. The van der Waals surface area contributed by atoms with Crippen LogP contribution in [-0.4, -0.2) is 34.3 Å². The largest absolute Gasteiger partial charge is 0.342 e. The van der Waals surface area contributed by atoms with E-state index in [9.17, 15) is 9.59 Å². The van der Waals surface area contributed by atoms with Gasteiger partial charge in [0.2, 0.25) is 11.8 Å². The van der Waals surface area contributed by atoms with E-state index >= 15 is 0 Å². The molecule has 3 aliphatic rings. The number of nitrogens with one attached hydrogen (secondary N) is 1. The molecular formula is C14H22N2O2. The van der Waals surface area contributed by atoms with Gasteiger partial charge in [-0.25, -0.2) is 0 Å². The normalized spacial score (nSPS) is 37.1. The molecular weight excluding hydrogens is 228 g/mol. The average Bonchev–Trinajstić information content (AvgIpc) is 3.16. The Morgan fingerprint density at radius 3 is 2.28 bits per heavy atom. The Kier molecular flexibility index (Phi) is 2.48. The highest BCUT2D eigenvalue weighted by Crippen LogP contribution is 2.47. The predicted octanol–water partition coefficient (Wildman–Crippen LogP) is 1.30. The van der Waals surface area contributed by atoms with E-state index in [1.165, 1.54) is 0 Å². The van der Waals surface area contributed by atoms with Crippen LogP contribution in [0.2, 0.25) is 0 Å². The Labute approximate surface area is 108 Å². The Bertz CT molecular complexity index is 399. The molecule has 0 bridgehead atoms. The summed E-state index contributed by atoms with van der Waals surface area (Å²) in [6.45, 7) is 5.98. The first kappa shape index (κ1) is 12.0. The molecule has 2 unspecified atom stereocenters. The van der Waals surface area contributed by atoms with E-state index in [1.807, 2.05) is 25.7 Å². The number of carbonyl (C=O) groups excluding carboxylic acids is 2. The van der Waals surface area contributed by atoms with Crippen molar-refractivity contribution in [2.24, 2.45) is 11.8 Å². The van der Waals surface area contributed by atoms with Crippen molar-refractivity contribution in [3.63, 3.8) is 0 Å². The van der Waals surface area contributed by atoms with E-state index in [2.05, 4.69) is 5.32 Å². The van der Waals surface area contributed by atoms with E-state index in [-0.39, 0.29) is 23.9 Å². The van der Waals surface area contributed by atoms with Crippen molar-refractivity contribution in [1.29, 1.82) is 0 Å². The molecule has 0 aromatic heterocycles. The number of carbonyl (C=O) groups is 2. The lowest BCUT2D eigenvalue weighted by Gasteiger charge is -2.49. The topological polar surface area (TPSA) is 49.4 Å². The van der Waals surface area contributed by atoms with Crippen LogP contribution in [-0.2, 0) is 9.59 Å². The van der Waals surface area contributed by atoms with E-state index in [0.29, 0.717) is 11.8 Å². The van der Waals surface area contributed by atoms with E-state index in [4.69, 9.17) is 0 Å². The number of hydrogen-bond donors (Lipinski definition) is 1. The summed E-state index contributed by atoms with van der Waals surface area (Å²) in [4.78, 5) is 27.0. The van der Waals surface area contributed by atoms with Crippen LogP contribution >= 0.6 is 0 Å². The van der Waals surface area contributed by atoms with Crippen LogP contribution < -0.4 is 5.32 Å². The second-order valence-corrected chi connectivity index (χ2v) is 6.51. The van der Waals surface area contributed by atoms with E-state index in [1.54, 1.807) is 0 Å². The second-order valence-electron chi connectivity index (χ2n) is 6.51. The number of piperazine rings is 1. The minimum absolute atomic E-state index is 0.0650. The average molecular weight is 250 g/mol. The molecule has 1 N–H and O–H groups in total. The Morgan fingerprint density at radius 2 is 1.83 bits per heavy atom. The van der Waals surface area contributed by atoms with Gasteiger partial charge in [0.1, 0.15) is 11.6 Å². The van der Waals surface area contributed by atoms with Crippen LogP contribution in [0.15, 0.2) is 0 Å². The summed E-state index contributed by atoms with van der Waals surface area (Å²) in [5, 5.41) is 2.99. The van der Waals surface area contributed by atoms with Gasteiger partial charge in [-0.2, -0.15) is 0 Å². The number of rotatable bonds is 3. The van der Waals surface area contributed by atoms with Crippen molar-refractivity contribution in [1.82, 2.24) is 10.2 Å². The van der Waals surface area contributed by atoms with Gasteiger partial charge in [-0.3, -0.25) is 9.59 Å². The molecule has 2 aliphatic carbocycles. The quantitative estimate of drug-likeness (QED) is 0.821. The van der Waals surface area contributed by atoms with Crippen LogP contribution in [0.25, 0.3) is 0 Å². The Balaban J connectivity index is 1.94. The first-order valence-corrected chi connectivity index (χ1v) is 7.10. The molecule has 2 atom stereocenters. The molecule has 4 nitrogen and oxygen atoms in total. The minimum atomic E-state index is -0.614. The molecule has 0 aromatic rings. The summed E-state index contributed by atoms with van der Waals surface area (Å²) in [5.74, 6) is 0.937. The maximum absolute atomic E-state index is 12.7. The number of nitrogens with zero attached hydrogens (tertiary/aromatic N) is 1. The Morgan fingerprint density at radius 1 is 1.22 bits per heavy atom. The molecule has 1 saturated heterocycles. The van der Waals surface area contributed by atoms with Crippen molar-refractivity contribution in [2.45, 2.75) is 64.1 Å². The molecule has 1 heterocycles. The SMILES string of the molecule is CC(C)N1C(=O)C(C2CC2)NC(=O)C1(C)C1CC1. The highest BCUT2D eigenvalue weighted by Gasteiger charge is 2.59. The van der Waals surface area contributed by atoms with Crippen LogP contribution in [0.4, 0.5) is 0 Å². The maximum Gasteiger partial charge on any atom is 0.246 e. The lowest BCUT2D eigenvalue weighted by Crippen LogP contribution is -2.72. The lowest BCUT2D eigenvalue weighted by atomic mass is 9.86. The zero-order chi connectivity index (χ0) is 13.1. The third-order valence-corrected chi connectivity index (χ3v) is 4.73. The zero-order valence-corrected chi connectivity index (χ0v) is 11.4. The van der Waals surface area contributed by atoms with Crippen LogP contribution in [0.3, 0.4) is 0 Å². The fourth-order valence-corrected chi connectivity index (χ4v) is 3.40. The first-order valence-electron chi connectivity index (χ1n) is 7.10. The van der Waals surface area contributed by atoms with Crippen LogP contribution in [0, 0.1) is 11.8 Å². The molecule has 2 amide bonds. The second kappa shape index (κ2) is 3.72. The first-order chi connectivity index (χ1) is 8.46. The fraction of sp³-hybridized carbons (Fsp3) is 0.857. The summed E-state index contributed by atoms with van der Waals surface area (Å²) in [6.07, 6.45) is 4.27. The van der Waals surface area contributed by atoms with Crippen molar-refractivity contribution in [3.8, 4) is 0 Å². The van der Waals surface area contributed by atoms with Crippen LogP contribution in [0.1, 0.15) is 46.5 Å². The van der Waals surface area contributed by atoms with E-state index < -0.39 is 5.54 Å². The molecule has 0 spiro atoms. The summed E-state index contributed by atoms with van der Waals surface area (Å²) < 4.78 is 0. The smallest absolute Gasteiger partial charge is 0.246 e. The van der Waals surface area contributed by atoms with Crippen LogP contribution in [0.5, 0.6) is 0 Å². The van der Waals surface area contributed by atoms with Gasteiger partial charge in [-0.05, 0) is 58.3 Å². The van der Waals surface area contributed by atoms with Gasteiger partial charge in [-0.1, -0.05) is 0 Å². The summed E-state index contributed by atoms with van der Waals surface area (Å²) >= 11 is 0. The molecule has 3 rings (SSSR count). The van der Waals surface area contributed by atoms with Gasteiger partial charge in [0.15, 0.2) is 0 Å². The summed E-state index contributed by atoms with van der Waals surface area (Å²) in [6, 6.07) is -0.165. The number of hydrogen-bond acceptors (Lipinski definition) is 2. The summed E-state index contributed by atoms with van der Waals surface area (Å²) in [7, 11) is 0. The van der Waals surface area contributed by atoms with Crippen molar-refractivity contribution in [3.05, 3.63) is 0 Å². The standard InChI is InChI=1S/C14H22N2O2/c1-8(2)16-12(17)11(9-4-5-9)15-13(18)14(16,3)10-6-7-10/h8-11H,4-7H2,1-3H3,(H,15,18).